The van der Waals surface area contributed by atoms with Gasteiger partial charge in [-0.05, 0) is 17.8 Å². The molecule has 0 aromatic heterocycles. The van der Waals surface area contributed by atoms with Crippen LogP contribution in [0.2, 0.25) is 0 Å². The molecule has 0 aromatic rings. The molecule has 15 heavy (non-hydrogen) atoms. The van der Waals surface area contributed by atoms with Crippen molar-refractivity contribution in [2.45, 2.75) is 65.1 Å². The molecule has 2 heteroatoms. The second kappa shape index (κ2) is 5.31. The summed E-state index contributed by atoms with van der Waals surface area (Å²) in [6.45, 7) is 6.37. The van der Waals surface area contributed by atoms with E-state index in [2.05, 4.69) is 20.8 Å². The zero-order chi connectivity index (χ0) is 11.5. The normalized spacial score (nSPS) is 23.0. The molecular weight excluding hydrogens is 188 g/mol. The van der Waals surface area contributed by atoms with Crippen LogP contribution in [0.5, 0.6) is 0 Å². The van der Waals surface area contributed by atoms with E-state index in [0.29, 0.717) is 0 Å². The predicted molar refractivity (Wildman–Crippen MR) is 62.8 cm³/mol. The van der Waals surface area contributed by atoms with Gasteiger partial charge in [-0.1, -0.05) is 46.5 Å². The van der Waals surface area contributed by atoms with Crippen molar-refractivity contribution >= 4 is 0 Å². The maximum Gasteiger partial charge on any atom is 0.0878 e. The van der Waals surface area contributed by atoms with Crippen LogP contribution >= 0.6 is 0 Å². The standard InChI is InChI=1S/C13H26O2/c1-13(2,3)12(15-4)11(14)9-10-7-5-6-8-10/h10-12,14H,5-9H2,1-4H3. The largest absolute Gasteiger partial charge is 0.390 e. The molecular formula is C13H26O2. The van der Waals surface area contributed by atoms with Crippen LogP contribution in [-0.4, -0.2) is 24.4 Å². The Balaban J connectivity index is 2.45. The third-order valence-electron chi connectivity index (χ3n) is 3.51. The van der Waals surface area contributed by atoms with E-state index >= 15 is 0 Å². The molecule has 0 radical (unpaired) electrons. The number of ether oxygens (including phenoxy) is 1. The Hall–Kier alpha value is -0.0800. The van der Waals surface area contributed by atoms with Crippen LogP contribution in [0.4, 0.5) is 0 Å². The third-order valence-corrected chi connectivity index (χ3v) is 3.51. The molecule has 2 nitrogen and oxygen atoms in total. The van der Waals surface area contributed by atoms with Crippen molar-refractivity contribution in [3.05, 3.63) is 0 Å². The van der Waals surface area contributed by atoms with E-state index in [0.717, 1.165) is 12.3 Å². The average Bonchev–Trinajstić information content (AvgIpc) is 2.54. The maximum atomic E-state index is 10.2. The van der Waals surface area contributed by atoms with E-state index in [9.17, 15) is 5.11 Å². The summed E-state index contributed by atoms with van der Waals surface area (Å²) in [6.07, 6.45) is 5.82. The van der Waals surface area contributed by atoms with Gasteiger partial charge in [-0.15, -0.1) is 0 Å². The SMILES string of the molecule is COC(C(O)CC1CCCC1)C(C)(C)C. The topological polar surface area (TPSA) is 29.5 Å². The molecule has 1 fully saturated rings. The number of rotatable bonds is 4. The van der Waals surface area contributed by atoms with Gasteiger partial charge in [-0.25, -0.2) is 0 Å². The van der Waals surface area contributed by atoms with E-state index in [1.807, 2.05) is 0 Å². The first-order chi connectivity index (χ1) is 6.95. The van der Waals surface area contributed by atoms with Gasteiger partial charge in [0, 0.05) is 7.11 Å². The van der Waals surface area contributed by atoms with Crippen LogP contribution in [0.15, 0.2) is 0 Å². The van der Waals surface area contributed by atoms with Gasteiger partial charge in [0.15, 0.2) is 0 Å². The van der Waals surface area contributed by atoms with Gasteiger partial charge >= 0.3 is 0 Å². The molecule has 0 spiro atoms. The highest BCUT2D eigenvalue weighted by molar-refractivity contribution is 4.83. The van der Waals surface area contributed by atoms with E-state index < -0.39 is 0 Å². The molecule has 1 saturated carbocycles. The van der Waals surface area contributed by atoms with Gasteiger partial charge in [0.25, 0.3) is 0 Å². The second-order valence-electron chi connectivity index (χ2n) is 5.98. The highest BCUT2D eigenvalue weighted by Gasteiger charge is 2.33. The molecule has 2 atom stereocenters. The Bertz CT molecular complexity index is 177. The Kier molecular flexibility index (Phi) is 4.60. The van der Waals surface area contributed by atoms with Crippen LogP contribution in [0.1, 0.15) is 52.9 Å². The molecule has 0 aromatic carbocycles. The molecule has 0 aliphatic heterocycles. The lowest BCUT2D eigenvalue weighted by molar-refractivity contribution is -0.0780. The summed E-state index contributed by atoms with van der Waals surface area (Å²) >= 11 is 0. The number of hydrogen-bond donors (Lipinski definition) is 1. The van der Waals surface area contributed by atoms with Crippen molar-refractivity contribution in [2.75, 3.05) is 7.11 Å². The summed E-state index contributed by atoms with van der Waals surface area (Å²) in [5.41, 5.74) is 0.0206. The summed E-state index contributed by atoms with van der Waals surface area (Å²) in [5, 5.41) is 10.2. The fourth-order valence-electron chi connectivity index (χ4n) is 2.80. The van der Waals surface area contributed by atoms with E-state index in [1.165, 1.54) is 25.7 Å². The minimum Gasteiger partial charge on any atom is -0.390 e. The quantitative estimate of drug-likeness (QED) is 0.779. The average molecular weight is 214 g/mol. The summed E-state index contributed by atoms with van der Waals surface area (Å²) in [7, 11) is 1.70. The molecule has 1 aliphatic carbocycles. The highest BCUT2D eigenvalue weighted by atomic mass is 16.5. The monoisotopic (exact) mass is 214 g/mol. The van der Waals surface area contributed by atoms with Gasteiger partial charge < -0.3 is 9.84 Å². The zero-order valence-corrected chi connectivity index (χ0v) is 10.6. The van der Waals surface area contributed by atoms with Crippen molar-refractivity contribution < 1.29 is 9.84 Å². The lowest BCUT2D eigenvalue weighted by Crippen LogP contribution is -2.40. The van der Waals surface area contributed by atoms with Crippen molar-refractivity contribution in [3.63, 3.8) is 0 Å². The number of methoxy groups -OCH3 is 1. The first kappa shape index (κ1) is 13.0. The van der Waals surface area contributed by atoms with E-state index in [1.54, 1.807) is 7.11 Å². The summed E-state index contributed by atoms with van der Waals surface area (Å²) < 4.78 is 5.44. The summed E-state index contributed by atoms with van der Waals surface area (Å²) in [6, 6.07) is 0. The van der Waals surface area contributed by atoms with Crippen LogP contribution in [-0.2, 0) is 4.74 Å². The van der Waals surface area contributed by atoms with Crippen LogP contribution in [0, 0.1) is 11.3 Å². The minimum atomic E-state index is -0.307. The molecule has 0 bridgehead atoms. The van der Waals surface area contributed by atoms with Crippen molar-refractivity contribution in [1.29, 1.82) is 0 Å². The molecule has 1 N–H and O–H groups in total. The molecule has 0 amide bonds. The van der Waals surface area contributed by atoms with Crippen molar-refractivity contribution in [3.8, 4) is 0 Å². The van der Waals surface area contributed by atoms with Gasteiger partial charge in [-0.2, -0.15) is 0 Å². The van der Waals surface area contributed by atoms with Gasteiger partial charge in [0.1, 0.15) is 0 Å². The maximum absolute atomic E-state index is 10.2. The van der Waals surface area contributed by atoms with Crippen molar-refractivity contribution in [1.82, 2.24) is 0 Å². The van der Waals surface area contributed by atoms with Gasteiger partial charge in [-0.3, -0.25) is 0 Å². The first-order valence-corrected chi connectivity index (χ1v) is 6.16. The summed E-state index contributed by atoms with van der Waals surface area (Å²) in [4.78, 5) is 0. The second-order valence-corrected chi connectivity index (χ2v) is 5.98. The smallest absolute Gasteiger partial charge is 0.0878 e. The van der Waals surface area contributed by atoms with Crippen molar-refractivity contribution in [2.24, 2.45) is 11.3 Å². The van der Waals surface area contributed by atoms with Crippen LogP contribution in [0.25, 0.3) is 0 Å². The van der Waals surface area contributed by atoms with Crippen LogP contribution < -0.4 is 0 Å². The Morgan fingerprint density at radius 1 is 1.27 bits per heavy atom. The first-order valence-electron chi connectivity index (χ1n) is 6.16. The third kappa shape index (κ3) is 3.76. The molecule has 1 aliphatic rings. The van der Waals surface area contributed by atoms with Crippen LogP contribution in [0.3, 0.4) is 0 Å². The Morgan fingerprint density at radius 3 is 2.20 bits per heavy atom. The fraction of sp³-hybridized carbons (Fsp3) is 1.00. The lowest BCUT2D eigenvalue weighted by atomic mass is 9.82. The number of aliphatic hydroxyl groups excluding tert-OH is 1. The molecule has 1 rings (SSSR count). The molecule has 0 saturated heterocycles. The lowest BCUT2D eigenvalue weighted by Gasteiger charge is -2.34. The molecule has 0 heterocycles. The number of hydrogen-bond acceptors (Lipinski definition) is 2. The minimum absolute atomic E-state index is 0.0206. The highest BCUT2D eigenvalue weighted by Crippen LogP contribution is 2.33. The van der Waals surface area contributed by atoms with Gasteiger partial charge in [0.05, 0.1) is 12.2 Å². The number of aliphatic hydroxyl groups is 1. The van der Waals surface area contributed by atoms with E-state index in [4.69, 9.17) is 4.74 Å². The zero-order valence-electron chi connectivity index (χ0n) is 10.6. The fourth-order valence-corrected chi connectivity index (χ4v) is 2.80. The Morgan fingerprint density at radius 2 is 1.80 bits per heavy atom. The molecule has 90 valence electrons. The molecule has 2 unspecified atom stereocenters. The summed E-state index contributed by atoms with van der Waals surface area (Å²) in [5.74, 6) is 0.722. The van der Waals surface area contributed by atoms with Gasteiger partial charge in [0.2, 0.25) is 0 Å². The Labute approximate surface area is 94.0 Å². The predicted octanol–water partition coefficient (Wildman–Crippen LogP) is 2.99. The van der Waals surface area contributed by atoms with E-state index in [-0.39, 0.29) is 17.6 Å².